The minimum atomic E-state index is -0.281. The molecule has 2 nitrogen and oxygen atoms in total. The first kappa shape index (κ1) is 9.15. The Morgan fingerprint density at radius 2 is 2.29 bits per heavy atom. The smallest absolute Gasteiger partial charge is 0.129 e. The second-order valence-electron chi connectivity index (χ2n) is 2.68. The number of halogens is 1. The molecule has 0 unspecified atom stereocenters. The largest absolute Gasteiger partial charge is 0.496 e. The maximum absolute atomic E-state index is 13.0. The van der Waals surface area contributed by atoms with E-state index < -0.39 is 0 Å². The predicted octanol–water partition coefficient (Wildman–Crippen LogP) is 2.96. The predicted molar refractivity (Wildman–Crippen MR) is 54.1 cm³/mol. The lowest BCUT2D eigenvalue weighted by atomic mass is 10.2. The number of hydrogen-bond acceptors (Lipinski definition) is 3. The fourth-order valence-corrected chi connectivity index (χ4v) is 1.86. The van der Waals surface area contributed by atoms with Crippen LogP contribution >= 0.6 is 11.3 Å². The summed E-state index contributed by atoms with van der Waals surface area (Å²) in [6.07, 6.45) is 1.68. The van der Waals surface area contributed by atoms with Crippen molar-refractivity contribution in [2.45, 2.75) is 0 Å². The Kier molecular flexibility index (Phi) is 2.45. The Morgan fingerprint density at radius 1 is 1.43 bits per heavy atom. The van der Waals surface area contributed by atoms with Crippen LogP contribution in [0.25, 0.3) is 10.6 Å². The molecule has 1 aromatic heterocycles. The molecule has 0 fully saturated rings. The normalized spacial score (nSPS) is 10.1. The van der Waals surface area contributed by atoms with Crippen molar-refractivity contribution in [1.29, 1.82) is 0 Å². The molecule has 0 saturated heterocycles. The summed E-state index contributed by atoms with van der Waals surface area (Å²) in [5.41, 5.74) is 0.697. The zero-order chi connectivity index (χ0) is 9.97. The van der Waals surface area contributed by atoms with E-state index in [9.17, 15) is 4.39 Å². The van der Waals surface area contributed by atoms with Gasteiger partial charge in [0.25, 0.3) is 0 Å². The van der Waals surface area contributed by atoms with Crippen molar-refractivity contribution in [2.75, 3.05) is 7.11 Å². The number of aromatic nitrogens is 1. The van der Waals surface area contributed by atoms with E-state index in [0.29, 0.717) is 11.3 Å². The Hall–Kier alpha value is -1.42. The lowest BCUT2D eigenvalue weighted by Crippen LogP contribution is -1.88. The highest BCUT2D eigenvalue weighted by Crippen LogP contribution is 2.31. The van der Waals surface area contributed by atoms with Crippen LogP contribution in [0.1, 0.15) is 0 Å². The summed E-state index contributed by atoms with van der Waals surface area (Å²) < 4.78 is 18.1. The second kappa shape index (κ2) is 3.75. The molecule has 1 heterocycles. The van der Waals surface area contributed by atoms with Gasteiger partial charge in [-0.05, 0) is 18.2 Å². The van der Waals surface area contributed by atoms with Crippen LogP contribution < -0.4 is 4.74 Å². The van der Waals surface area contributed by atoms with E-state index in [-0.39, 0.29) is 5.82 Å². The van der Waals surface area contributed by atoms with Crippen molar-refractivity contribution in [3.8, 4) is 16.3 Å². The quantitative estimate of drug-likeness (QED) is 0.758. The van der Waals surface area contributed by atoms with Gasteiger partial charge in [0.1, 0.15) is 16.6 Å². The van der Waals surface area contributed by atoms with Crippen LogP contribution in [-0.4, -0.2) is 12.1 Å². The van der Waals surface area contributed by atoms with Gasteiger partial charge >= 0.3 is 0 Å². The molecule has 0 aliphatic carbocycles. The third kappa shape index (κ3) is 1.61. The van der Waals surface area contributed by atoms with Gasteiger partial charge in [0.15, 0.2) is 0 Å². The van der Waals surface area contributed by atoms with Crippen molar-refractivity contribution in [2.24, 2.45) is 0 Å². The zero-order valence-electron chi connectivity index (χ0n) is 7.53. The molecule has 1 aromatic carbocycles. The van der Waals surface area contributed by atoms with Crippen LogP contribution in [0.2, 0.25) is 0 Å². The van der Waals surface area contributed by atoms with Crippen molar-refractivity contribution in [3.05, 3.63) is 35.6 Å². The van der Waals surface area contributed by atoms with Crippen LogP contribution in [-0.2, 0) is 0 Å². The molecular formula is C10H8FNOS. The van der Waals surface area contributed by atoms with E-state index in [0.717, 1.165) is 5.01 Å². The van der Waals surface area contributed by atoms with E-state index >= 15 is 0 Å². The number of ether oxygens (including phenoxy) is 1. The molecule has 2 rings (SSSR count). The molecule has 72 valence electrons. The van der Waals surface area contributed by atoms with E-state index in [1.54, 1.807) is 19.4 Å². The van der Waals surface area contributed by atoms with Crippen LogP contribution in [0.5, 0.6) is 5.75 Å². The van der Waals surface area contributed by atoms with Gasteiger partial charge in [-0.1, -0.05) is 0 Å². The number of methoxy groups -OCH3 is 1. The van der Waals surface area contributed by atoms with Crippen molar-refractivity contribution >= 4 is 11.3 Å². The summed E-state index contributed by atoms with van der Waals surface area (Å²) in [5, 5.41) is 2.61. The fourth-order valence-electron chi connectivity index (χ4n) is 1.20. The van der Waals surface area contributed by atoms with Gasteiger partial charge < -0.3 is 4.74 Å². The molecule has 0 amide bonds. The minimum absolute atomic E-state index is 0.281. The average Bonchev–Trinajstić information content (AvgIpc) is 2.70. The van der Waals surface area contributed by atoms with Gasteiger partial charge in [-0.3, -0.25) is 0 Å². The summed E-state index contributed by atoms with van der Waals surface area (Å²) in [7, 11) is 1.56. The van der Waals surface area contributed by atoms with Crippen molar-refractivity contribution in [3.63, 3.8) is 0 Å². The van der Waals surface area contributed by atoms with E-state index in [2.05, 4.69) is 4.98 Å². The molecule has 2 aromatic rings. The van der Waals surface area contributed by atoms with E-state index in [4.69, 9.17) is 4.74 Å². The SMILES string of the molecule is COc1ccc(F)cc1-c1nccs1. The van der Waals surface area contributed by atoms with Gasteiger partial charge in [0.05, 0.1) is 12.7 Å². The topological polar surface area (TPSA) is 22.1 Å². The average molecular weight is 209 g/mol. The molecule has 4 heteroatoms. The lowest BCUT2D eigenvalue weighted by Gasteiger charge is -2.05. The molecule has 0 aliphatic rings. The summed E-state index contributed by atoms with van der Waals surface area (Å²) in [4.78, 5) is 4.11. The Bertz CT molecular complexity index is 428. The Morgan fingerprint density at radius 3 is 2.93 bits per heavy atom. The van der Waals surface area contributed by atoms with Crippen LogP contribution in [0.15, 0.2) is 29.8 Å². The molecule has 0 N–H and O–H groups in total. The highest BCUT2D eigenvalue weighted by atomic mass is 32.1. The number of benzene rings is 1. The van der Waals surface area contributed by atoms with Crippen molar-refractivity contribution in [1.82, 2.24) is 4.98 Å². The number of thiazole rings is 1. The van der Waals surface area contributed by atoms with Crippen LogP contribution in [0, 0.1) is 5.82 Å². The number of hydrogen-bond donors (Lipinski definition) is 0. The van der Waals surface area contributed by atoms with Crippen LogP contribution in [0.4, 0.5) is 4.39 Å². The molecule has 0 bridgehead atoms. The second-order valence-corrected chi connectivity index (χ2v) is 3.58. The zero-order valence-corrected chi connectivity index (χ0v) is 8.34. The van der Waals surface area contributed by atoms with Gasteiger partial charge in [0.2, 0.25) is 0 Å². The standard InChI is InChI=1S/C10H8FNOS/c1-13-9-3-2-7(11)6-8(9)10-12-4-5-14-10/h2-6H,1H3. The molecule has 0 atom stereocenters. The highest BCUT2D eigenvalue weighted by Gasteiger charge is 2.08. The third-order valence-electron chi connectivity index (χ3n) is 1.82. The van der Waals surface area contributed by atoms with Crippen molar-refractivity contribution < 1.29 is 9.13 Å². The monoisotopic (exact) mass is 209 g/mol. The van der Waals surface area contributed by atoms with E-state index in [1.807, 2.05) is 5.38 Å². The molecule has 14 heavy (non-hydrogen) atoms. The minimum Gasteiger partial charge on any atom is -0.496 e. The fraction of sp³-hybridized carbons (Fsp3) is 0.100. The maximum Gasteiger partial charge on any atom is 0.129 e. The van der Waals surface area contributed by atoms with Gasteiger partial charge in [-0.2, -0.15) is 0 Å². The summed E-state index contributed by atoms with van der Waals surface area (Å²) in [6, 6.07) is 4.40. The summed E-state index contributed by atoms with van der Waals surface area (Å²) >= 11 is 1.46. The van der Waals surface area contributed by atoms with Gasteiger partial charge in [-0.25, -0.2) is 9.37 Å². The lowest BCUT2D eigenvalue weighted by molar-refractivity contribution is 0.415. The molecular weight excluding hydrogens is 201 g/mol. The Balaban J connectivity index is 2.55. The molecule has 0 saturated carbocycles. The van der Waals surface area contributed by atoms with Gasteiger partial charge in [0, 0.05) is 11.6 Å². The third-order valence-corrected chi connectivity index (χ3v) is 2.63. The summed E-state index contributed by atoms with van der Waals surface area (Å²) in [6.45, 7) is 0. The van der Waals surface area contributed by atoms with Crippen LogP contribution in [0.3, 0.4) is 0 Å². The first-order chi connectivity index (χ1) is 6.81. The van der Waals surface area contributed by atoms with Gasteiger partial charge in [-0.15, -0.1) is 11.3 Å². The maximum atomic E-state index is 13.0. The van der Waals surface area contributed by atoms with E-state index in [1.165, 1.54) is 23.5 Å². The molecule has 0 aliphatic heterocycles. The first-order valence-corrected chi connectivity index (χ1v) is 4.92. The molecule has 0 spiro atoms. The number of nitrogens with zero attached hydrogens (tertiary/aromatic N) is 1. The summed E-state index contributed by atoms with van der Waals surface area (Å²) in [5.74, 6) is 0.359. The highest BCUT2D eigenvalue weighted by molar-refractivity contribution is 7.13. The molecule has 0 radical (unpaired) electrons. The Labute approximate surface area is 85.0 Å². The number of rotatable bonds is 2. The first-order valence-electron chi connectivity index (χ1n) is 4.04.